The van der Waals surface area contributed by atoms with Crippen LogP contribution in [0.25, 0.3) is 0 Å². The van der Waals surface area contributed by atoms with Crippen LogP contribution in [0.15, 0.2) is 53.4 Å². The summed E-state index contributed by atoms with van der Waals surface area (Å²) in [5.41, 5.74) is 2.26. The maximum absolute atomic E-state index is 12.7. The minimum atomic E-state index is -3.45. The lowest BCUT2D eigenvalue weighted by atomic mass is 10.1. The molecule has 0 bridgehead atoms. The van der Waals surface area contributed by atoms with Crippen molar-refractivity contribution in [3.8, 4) is 5.75 Å². The van der Waals surface area contributed by atoms with Gasteiger partial charge in [0.2, 0.25) is 15.9 Å². The summed E-state index contributed by atoms with van der Waals surface area (Å²) in [4.78, 5) is 17.4. The number of benzene rings is 2. The molecule has 1 aliphatic rings. The lowest BCUT2D eigenvalue weighted by Crippen LogP contribution is -2.49. The van der Waals surface area contributed by atoms with Gasteiger partial charge in [-0.15, -0.1) is 0 Å². The summed E-state index contributed by atoms with van der Waals surface area (Å²) in [6.07, 6.45) is 2.04. The Kier molecular flexibility index (Phi) is 9.50. The van der Waals surface area contributed by atoms with Crippen LogP contribution in [0.2, 0.25) is 0 Å². The molecule has 0 N–H and O–H groups in total. The molecular weight excluding hydrogens is 450 g/mol. The van der Waals surface area contributed by atoms with Gasteiger partial charge >= 0.3 is 0 Å². The molecule has 1 fully saturated rings. The number of ether oxygens (including phenoxy) is 1. The van der Waals surface area contributed by atoms with E-state index in [-0.39, 0.29) is 5.91 Å². The number of carbonyl (C=O) groups is 1. The molecule has 34 heavy (non-hydrogen) atoms. The molecule has 1 saturated heterocycles. The van der Waals surface area contributed by atoms with Crippen molar-refractivity contribution < 1.29 is 17.9 Å². The number of hydrogen-bond acceptors (Lipinski definition) is 5. The zero-order chi connectivity index (χ0) is 24.6. The van der Waals surface area contributed by atoms with Gasteiger partial charge in [-0.1, -0.05) is 38.1 Å². The first-order valence-electron chi connectivity index (χ1n) is 12.1. The quantitative estimate of drug-likeness (QED) is 0.487. The third-order valence-electron chi connectivity index (χ3n) is 6.49. The van der Waals surface area contributed by atoms with Crippen molar-refractivity contribution in [1.29, 1.82) is 0 Å². The highest BCUT2D eigenvalue weighted by molar-refractivity contribution is 7.89. The maximum Gasteiger partial charge on any atom is 0.243 e. The number of carbonyl (C=O) groups excluding carboxylic acids is 1. The first-order valence-corrected chi connectivity index (χ1v) is 13.5. The van der Waals surface area contributed by atoms with Crippen LogP contribution in [0, 0.1) is 0 Å². The largest absolute Gasteiger partial charge is 0.497 e. The highest BCUT2D eigenvalue weighted by atomic mass is 32.2. The lowest BCUT2D eigenvalue weighted by molar-refractivity contribution is -0.132. The number of nitrogens with zero attached hydrogens (tertiary/aromatic N) is 3. The van der Waals surface area contributed by atoms with E-state index in [9.17, 15) is 13.2 Å². The van der Waals surface area contributed by atoms with Gasteiger partial charge < -0.3 is 9.64 Å². The van der Waals surface area contributed by atoms with Crippen LogP contribution in [-0.2, 0) is 27.7 Å². The second-order valence-corrected chi connectivity index (χ2v) is 10.5. The number of sulfonamides is 1. The minimum absolute atomic E-state index is 0.162. The summed E-state index contributed by atoms with van der Waals surface area (Å²) < 4.78 is 31.9. The molecule has 1 heterocycles. The molecule has 1 aliphatic heterocycles. The zero-order valence-corrected chi connectivity index (χ0v) is 21.4. The Labute approximate surface area is 204 Å². The fourth-order valence-electron chi connectivity index (χ4n) is 4.25. The topological polar surface area (TPSA) is 70.2 Å². The van der Waals surface area contributed by atoms with Crippen molar-refractivity contribution in [2.24, 2.45) is 0 Å². The van der Waals surface area contributed by atoms with Crippen LogP contribution in [0.1, 0.15) is 31.4 Å². The van der Waals surface area contributed by atoms with Crippen molar-refractivity contribution in [2.75, 3.05) is 52.9 Å². The Morgan fingerprint density at radius 2 is 1.44 bits per heavy atom. The summed E-state index contributed by atoms with van der Waals surface area (Å²) in [5, 5.41) is 0. The van der Waals surface area contributed by atoms with Gasteiger partial charge in [0.25, 0.3) is 0 Å². The Balaban J connectivity index is 1.42. The third-order valence-corrected chi connectivity index (χ3v) is 8.56. The number of rotatable bonds is 11. The molecule has 7 nitrogen and oxygen atoms in total. The maximum atomic E-state index is 12.7. The molecule has 8 heteroatoms. The van der Waals surface area contributed by atoms with Crippen LogP contribution < -0.4 is 4.74 Å². The molecule has 1 amide bonds. The molecule has 0 saturated carbocycles. The predicted molar refractivity (Wildman–Crippen MR) is 135 cm³/mol. The van der Waals surface area contributed by atoms with E-state index in [4.69, 9.17) is 4.74 Å². The van der Waals surface area contributed by atoms with Crippen molar-refractivity contribution >= 4 is 15.9 Å². The van der Waals surface area contributed by atoms with E-state index in [2.05, 4.69) is 17.0 Å². The second-order valence-electron chi connectivity index (χ2n) is 8.55. The molecule has 2 aromatic rings. The molecule has 186 valence electrons. The number of aryl methyl sites for hydroxylation is 1. The average Bonchev–Trinajstić information content (AvgIpc) is 2.87. The molecule has 0 atom stereocenters. The van der Waals surface area contributed by atoms with Gasteiger partial charge in [0.1, 0.15) is 5.75 Å². The van der Waals surface area contributed by atoms with E-state index < -0.39 is 10.0 Å². The standard InChI is InChI=1S/C26H37N3O4S/c1-4-29(5-2)34(31,32)25-13-8-22(9-14-25)10-15-26(30)28-20-18-27(19-21-28)17-16-23-6-11-24(33-3)12-7-23/h6-9,11-14H,4-5,10,15-21H2,1-3H3. The van der Waals surface area contributed by atoms with Gasteiger partial charge in [-0.3, -0.25) is 9.69 Å². The monoisotopic (exact) mass is 487 g/mol. The summed E-state index contributed by atoms with van der Waals surface area (Å²) in [6, 6.07) is 15.1. The summed E-state index contributed by atoms with van der Waals surface area (Å²) in [7, 11) is -1.78. The van der Waals surface area contributed by atoms with Crippen molar-refractivity contribution in [3.63, 3.8) is 0 Å². The van der Waals surface area contributed by atoms with E-state index in [1.807, 2.05) is 43.0 Å². The highest BCUT2D eigenvalue weighted by Gasteiger charge is 2.22. The van der Waals surface area contributed by atoms with Crippen molar-refractivity contribution in [1.82, 2.24) is 14.1 Å². The molecule has 0 aromatic heterocycles. The van der Waals surface area contributed by atoms with Gasteiger partial charge in [0.05, 0.1) is 12.0 Å². The van der Waals surface area contributed by atoms with E-state index in [1.54, 1.807) is 19.2 Å². The Bertz CT molecular complexity index is 1010. The molecule has 0 radical (unpaired) electrons. The van der Waals surface area contributed by atoms with Crippen LogP contribution in [0.4, 0.5) is 0 Å². The van der Waals surface area contributed by atoms with Crippen molar-refractivity contribution in [3.05, 3.63) is 59.7 Å². The van der Waals surface area contributed by atoms with Gasteiger partial charge in [0.15, 0.2) is 0 Å². The van der Waals surface area contributed by atoms with Crippen LogP contribution in [-0.4, -0.2) is 81.4 Å². The normalized spacial score (nSPS) is 15.0. The predicted octanol–water partition coefficient (Wildman–Crippen LogP) is 3.05. The van der Waals surface area contributed by atoms with E-state index in [0.29, 0.717) is 30.8 Å². The lowest BCUT2D eigenvalue weighted by Gasteiger charge is -2.34. The molecule has 0 unspecified atom stereocenters. The van der Waals surface area contributed by atoms with E-state index >= 15 is 0 Å². The highest BCUT2D eigenvalue weighted by Crippen LogP contribution is 2.17. The number of methoxy groups -OCH3 is 1. The summed E-state index contributed by atoms with van der Waals surface area (Å²) in [5.74, 6) is 1.03. The third kappa shape index (κ3) is 6.81. The van der Waals surface area contributed by atoms with Gasteiger partial charge in [0, 0.05) is 52.2 Å². The zero-order valence-electron chi connectivity index (χ0n) is 20.6. The minimum Gasteiger partial charge on any atom is -0.497 e. The molecule has 0 spiro atoms. The molecule has 0 aliphatic carbocycles. The van der Waals surface area contributed by atoms with Gasteiger partial charge in [-0.2, -0.15) is 4.31 Å². The Morgan fingerprint density at radius 3 is 2.00 bits per heavy atom. The first-order chi connectivity index (χ1) is 16.4. The van der Waals surface area contributed by atoms with Crippen LogP contribution in [0.5, 0.6) is 5.75 Å². The summed E-state index contributed by atoms with van der Waals surface area (Å²) in [6.45, 7) is 8.83. The van der Waals surface area contributed by atoms with Crippen LogP contribution in [0.3, 0.4) is 0 Å². The van der Waals surface area contributed by atoms with Crippen molar-refractivity contribution in [2.45, 2.75) is 38.0 Å². The molecular formula is C26H37N3O4S. The van der Waals surface area contributed by atoms with E-state index in [1.165, 1.54) is 9.87 Å². The van der Waals surface area contributed by atoms with Gasteiger partial charge in [-0.05, 0) is 48.2 Å². The smallest absolute Gasteiger partial charge is 0.243 e. The second kappa shape index (κ2) is 12.3. The average molecular weight is 488 g/mol. The summed E-state index contributed by atoms with van der Waals surface area (Å²) >= 11 is 0. The fraction of sp³-hybridized carbons (Fsp3) is 0.500. The van der Waals surface area contributed by atoms with Crippen LogP contribution >= 0.6 is 0 Å². The molecule has 3 rings (SSSR count). The Morgan fingerprint density at radius 1 is 0.882 bits per heavy atom. The van der Waals surface area contributed by atoms with Gasteiger partial charge in [-0.25, -0.2) is 8.42 Å². The number of hydrogen-bond donors (Lipinski definition) is 0. The van der Waals surface area contributed by atoms with E-state index in [0.717, 1.165) is 50.5 Å². The number of amides is 1. The fourth-order valence-corrected chi connectivity index (χ4v) is 5.71. The SMILES string of the molecule is CCN(CC)S(=O)(=O)c1ccc(CCC(=O)N2CCN(CCc3ccc(OC)cc3)CC2)cc1. The number of piperazine rings is 1. The molecule has 2 aromatic carbocycles. The first kappa shape index (κ1) is 26.2. The Hall–Kier alpha value is -2.42.